The number of hydrogen-bond acceptors (Lipinski definition) is 0. The largest absolute Gasteiger partial charge is 1.00 e. The van der Waals surface area contributed by atoms with Crippen molar-refractivity contribution in [1.29, 1.82) is 0 Å². The summed E-state index contributed by atoms with van der Waals surface area (Å²) in [5, 5.41) is 8.92. The number of rotatable bonds is 2. The third-order valence-electron chi connectivity index (χ3n) is 8.77. The summed E-state index contributed by atoms with van der Waals surface area (Å²) < 4.78 is 1.34. The molecule has 0 saturated carbocycles. The summed E-state index contributed by atoms with van der Waals surface area (Å²) in [5.41, 5.74) is 8.58. The van der Waals surface area contributed by atoms with Crippen LogP contribution in [-0.2, 0) is 35.1 Å². The molecule has 0 unspecified atom stereocenters. The number of aryl methyl sites for hydroxylation is 2. The van der Waals surface area contributed by atoms with Crippen LogP contribution < -0.4 is 24.8 Å². The molecule has 0 bridgehead atoms. The zero-order valence-corrected chi connectivity index (χ0v) is 34.5. The molecule has 0 atom stereocenters. The maximum Gasteiger partial charge on any atom is -0.109 e. The van der Waals surface area contributed by atoms with Crippen LogP contribution in [0.2, 0.25) is 5.02 Å². The van der Waals surface area contributed by atoms with Gasteiger partial charge in [0, 0.05) is 0 Å². The van der Waals surface area contributed by atoms with E-state index in [2.05, 4.69) is 146 Å². The van der Waals surface area contributed by atoms with Gasteiger partial charge >= 0.3 is 133 Å². The smallest absolute Gasteiger partial charge is 0.109 e. The van der Waals surface area contributed by atoms with Crippen molar-refractivity contribution in [2.45, 2.75) is 72.6 Å². The van der Waals surface area contributed by atoms with E-state index in [0.29, 0.717) is 0 Å². The average Bonchev–Trinajstić information content (AvgIpc) is 3.70. The Kier molecular flexibility index (Phi) is 14.2. The van der Waals surface area contributed by atoms with Gasteiger partial charge in [-0.1, -0.05) is 75.9 Å². The molecule has 0 spiro atoms. The molecule has 0 radical (unpaired) electrons. The predicted octanol–water partition coefficient (Wildman–Crippen LogP) is 6.85. The molecule has 0 N–H and O–H groups in total. The summed E-state index contributed by atoms with van der Waals surface area (Å²) in [7, 11) is 0. The van der Waals surface area contributed by atoms with Crippen molar-refractivity contribution in [3.05, 3.63) is 160 Å². The van der Waals surface area contributed by atoms with E-state index in [4.69, 9.17) is 11.6 Å². The Morgan fingerprint density at radius 1 is 0.694 bits per heavy atom. The fourth-order valence-electron chi connectivity index (χ4n) is 6.53. The van der Waals surface area contributed by atoms with E-state index >= 15 is 0 Å². The molecule has 0 amide bonds. The summed E-state index contributed by atoms with van der Waals surface area (Å²) >= 11 is 7.49. The molecule has 0 nitrogen and oxygen atoms in total. The normalized spacial score (nSPS) is 12.1. The van der Waals surface area contributed by atoms with E-state index in [-0.39, 0.29) is 35.6 Å². The van der Waals surface area contributed by atoms with Gasteiger partial charge in [0.25, 0.3) is 0 Å². The molecule has 0 fully saturated rings. The zero-order valence-electron chi connectivity index (χ0n) is 29.8. The Labute approximate surface area is 326 Å². The first kappa shape index (κ1) is 40.8. The number of hydrogen-bond donors (Lipinski definition) is 0. The van der Waals surface area contributed by atoms with Gasteiger partial charge in [-0.3, -0.25) is 6.08 Å². The van der Waals surface area contributed by atoms with Gasteiger partial charge in [-0.2, -0.15) is 6.08 Å². The van der Waals surface area contributed by atoms with Crippen molar-refractivity contribution in [2.24, 2.45) is 0 Å². The monoisotopic (exact) mass is 780 g/mol. The van der Waals surface area contributed by atoms with Crippen molar-refractivity contribution in [1.82, 2.24) is 0 Å². The molecule has 0 saturated heterocycles. The molecule has 0 heterocycles. The van der Waals surface area contributed by atoms with Gasteiger partial charge in [-0.05, 0) is 24.7 Å². The van der Waals surface area contributed by atoms with Crippen LogP contribution in [-0.4, -0.2) is 3.21 Å². The molecule has 0 aliphatic heterocycles. The van der Waals surface area contributed by atoms with Crippen LogP contribution >= 0.6 is 11.6 Å². The third-order valence-corrected chi connectivity index (χ3v) is 10.4. The van der Waals surface area contributed by atoms with Gasteiger partial charge in [-0.15, -0.1) is 46.2 Å². The minimum Gasteiger partial charge on any atom is -1.00 e. The van der Waals surface area contributed by atoms with Gasteiger partial charge in [0.2, 0.25) is 0 Å². The number of fused-ring (bicyclic) bond motifs is 4. The second kappa shape index (κ2) is 17.0. The van der Waals surface area contributed by atoms with Crippen LogP contribution in [0.5, 0.6) is 0 Å². The molecule has 6 aromatic rings. The van der Waals surface area contributed by atoms with Crippen molar-refractivity contribution in [3.63, 3.8) is 0 Å². The van der Waals surface area contributed by atoms with E-state index in [1.54, 1.807) is 0 Å². The second-order valence-corrected chi connectivity index (χ2v) is 16.2. The number of benzene rings is 5. The zero-order chi connectivity index (χ0) is 33.9. The maximum atomic E-state index is 6.09. The van der Waals surface area contributed by atoms with Crippen molar-refractivity contribution in [3.8, 4) is 0 Å². The second-order valence-electron chi connectivity index (χ2n) is 14.6. The first-order valence-corrected chi connectivity index (χ1v) is 18.0. The predicted molar refractivity (Wildman–Crippen MR) is 204 cm³/mol. The molecule has 0 aromatic heterocycles. The fourth-order valence-corrected chi connectivity index (χ4v) is 7.64. The van der Waals surface area contributed by atoms with Crippen LogP contribution in [0.1, 0.15) is 81.3 Å². The Morgan fingerprint density at radius 3 is 1.73 bits per heavy atom. The van der Waals surface area contributed by atoms with Gasteiger partial charge in [-0.25, -0.2) is 12.2 Å². The summed E-state index contributed by atoms with van der Waals surface area (Å²) in [4.78, 5) is 0. The molecule has 1 aliphatic rings. The van der Waals surface area contributed by atoms with Gasteiger partial charge in [0.15, 0.2) is 0 Å². The van der Waals surface area contributed by atoms with Crippen LogP contribution in [0, 0.1) is 19.9 Å². The Bertz CT molecular complexity index is 2040. The van der Waals surface area contributed by atoms with Crippen LogP contribution in [0.25, 0.3) is 32.3 Å². The molecule has 1 aliphatic carbocycles. The van der Waals surface area contributed by atoms with E-state index in [1.807, 2.05) is 30.4 Å². The Morgan fingerprint density at radius 2 is 1.24 bits per heavy atom. The molecule has 7 rings (SSSR count). The van der Waals surface area contributed by atoms with Crippen molar-refractivity contribution >= 4 is 47.1 Å². The fraction of sp³-hybridized carbons (Fsp3) is 0.244. The molecule has 49 heavy (non-hydrogen) atoms. The van der Waals surface area contributed by atoms with E-state index in [1.165, 1.54) is 93.1 Å². The van der Waals surface area contributed by atoms with Crippen LogP contribution in [0.15, 0.2) is 115 Å². The molecular formula is C45H45Cl3Zr-2. The van der Waals surface area contributed by atoms with Gasteiger partial charge in [0.05, 0.1) is 0 Å². The molecule has 6 aromatic carbocycles. The first-order chi connectivity index (χ1) is 22.2. The van der Waals surface area contributed by atoms with Crippen LogP contribution in [0.4, 0.5) is 0 Å². The Balaban J connectivity index is 0.000000226. The van der Waals surface area contributed by atoms with Gasteiger partial charge < -0.3 is 24.8 Å². The molecular weight excluding hydrogens is 738 g/mol. The minimum absolute atomic E-state index is 0. The maximum absolute atomic E-state index is 6.09. The summed E-state index contributed by atoms with van der Waals surface area (Å²) in [6, 6.07) is 35.0. The minimum atomic E-state index is 0. The summed E-state index contributed by atoms with van der Waals surface area (Å²) in [6.07, 6.45) is 10.0. The summed E-state index contributed by atoms with van der Waals surface area (Å²) in [5.74, 6) is 0. The average molecular weight is 783 g/mol. The molecule has 252 valence electrons. The molecule has 4 heteroatoms. The third kappa shape index (κ3) is 9.77. The van der Waals surface area contributed by atoms with E-state index < -0.39 is 0 Å². The van der Waals surface area contributed by atoms with E-state index in [0.717, 1.165) is 11.4 Å². The Hall–Kier alpha value is -2.67. The van der Waals surface area contributed by atoms with Crippen molar-refractivity contribution in [2.75, 3.05) is 0 Å². The SMILES string of the molecule is Cc1cc2[cH-]c3cc(C)c(C(C)(C)C)cc3c2cc1C(C)(C)C.Clc1cccc([C](=[Zr+2])c2cccc3ccccc23)c1.[C-]1=CC=CC1.[Cl-].[Cl-]. The number of allylic oxidation sites excluding steroid dienone is 4. The number of halogens is 3. The van der Waals surface area contributed by atoms with E-state index in [9.17, 15) is 0 Å². The standard InChI is InChI=1S/C23H29.C17H11Cl.C5H5.2ClH.Zr/c1-14-9-16-11-17-10-15(2)21(23(6,7)8)13-19(17)18(16)12-20(14)22(3,4)5;18-16-9-3-5-13(12-16)11-15-8-4-7-14-6-1-2-10-17(14)15;1-2-4-5-3-1;;;/h9-13H,1-8H3;1-10,12H;1-3H,4H2;2*1H;/q-1;;-1;;;+2/p-2. The topological polar surface area (TPSA) is 0 Å². The van der Waals surface area contributed by atoms with Gasteiger partial charge in [0.1, 0.15) is 0 Å². The summed E-state index contributed by atoms with van der Waals surface area (Å²) in [6.45, 7) is 18.3. The first-order valence-electron chi connectivity index (χ1n) is 16.4. The quantitative estimate of drug-likeness (QED) is 0.169. The van der Waals surface area contributed by atoms with Crippen molar-refractivity contribution < 1.29 is 49.0 Å². The van der Waals surface area contributed by atoms with Crippen LogP contribution in [0.3, 0.4) is 0 Å².